The maximum absolute atomic E-state index is 13.6. The van der Waals surface area contributed by atoms with E-state index in [2.05, 4.69) is 26.5 Å². The molecule has 3 aromatic rings. The molecule has 1 saturated heterocycles. The van der Waals surface area contributed by atoms with Crippen molar-refractivity contribution in [2.45, 2.75) is 18.9 Å². The zero-order chi connectivity index (χ0) is 24.9. The van der Waals surface area contributed by atoms with Crippen LogP contribution >= 0.6 is 23.2 Å². The Morgan fingerprint density at radius 2 is 2.11 bits per heavy atom. The summed E-state index contributed by atoms with van der Waals surface area (Å²) in [5.74, 6) is 1.69. The van der Waals surface area contributed by atoms with Crippen LogP contribution in [-0.2, 0) is 9.59 Å². The summed E-state index contributed by atoms with van der Waals surface area (Å²) in [4.78, 5) is 35.3. The molecule has 4 rings (SSSR count). The number of nitrogens with one attached hydrogen (secondary N) is 2. The van der Waals surface area contributed by atoms with Gasteiger partial charge in [-0.05, 0) is 37.1 Å². The molecule has 1 aromatic heterocycles. The number of amides is 2. The van der Waals surface area contributed by atoms with E-state index in [9.17, 15) is 14.0 Å². The van der Waals surface area contributed by atoms with Gasteiger partial charge in [-0.25, -0.2) is 14.4 Å². The number of anilines is 3. The Balaban J connectivity index is 1.69. The molecule has 1 aliphatic heterocycles. The number of aromatic nitrogens is 2. The normalized spacial score (nSPS) is 15.0. The van der Waals surface area contributed by atoms with Crippen LogP contribution in [0.15, 0.2) is 36.7 Å². The fraction of sp³-hybridized carbons (Fsp3) is 0.250. The number of rotatable bonds is 7. The minimum absolute atomic E-state index is 0.0288. The Hall–Kier alpha value is -3.61. The van der Waals surface area contributed by atoms with Gasteiger partial charge in [0.15, 0.2) is 0 Å². The fourth-order valence-electron chi connectivity index (χ4n) is 3.86. The largest absolute Gasteiger partial charge is 0.479 e. The third kappa shape index (κ3) is 5.39. The number of hydrogen-bond acceptors (Lipinski definition) is 6. The molecule has 1 fully saturated rings. The molecule has 8 nitrogen and oxygen atoms in total. The van der Waals surface area contributed by atoms with Crippen LogP contribution in [0.4, 0.5) is 21.6 Å². The van der Waals surface area contributed by atoms with E-state index in [0.29, 0.717) is 53.2 Å². The second-order valence-corrected chi connectivity index (χ2v) is 8.38. The van der Waals surface area contributed by atoms with Crippen LogP contribution in [0.5, 0.6) is 5.75 Å². The molecular formula is C24H20Cl2FN5O3. The first-order valence-electron chi connectivity index (χ1n) is 10.6. The van der Waals surface area contributed by atoms with E-state index < -0.39 is 11.9 Å². The second-order valence-electron chi connectivity index (χ2n) is 7.70. The molecule has 180 valence electrons. The van der Waals surface area contributed by atoms with Crippen LogP contribution < -0.4 is 15.4 Å². The molecule has 35 heavy (non-hydrogen) atoms. The summed E-state index contributed by atoms with van der Waals surface area (Å²) in [6.45, 7) is 0.433. The van der Waals surface area contributed by atoms with Crippen molar-refractivity contribution in [2.24, 2.45) is 0 Å². The Labute approximate surface area is 210 Å². The predicted molar refractivity (Wildman–Crippen MR) is 133 cm³/mol. The van der Waals surface area contributed by atoms with E-state index in [1.54, 1.807) is 12.1 Å². The van der Waals surface area contributed by atoms with E-state index in [-0.39, 0.29) is 29.3 Å². The molecule has 2 aromatic carbocycles. The van der Waals surface area contributed by atoms with Gasteiger partial charge < -0.3 is 20.3 Å². The quantitative estimate of drug-likeness (QED) is 0.358. The molecule has 0 spiro atoms. The number of hydrogen-bond donors (Lipinski definition) is 2. The lowest BCUT2D eigenvalue weighted by Gasteiger charge is -2.23. The summed E-state index contributed by atoms with van der Waals surface area (Å²) in [5.41, 5.74) is 1.36. The van der Waals surface area contributed by atoms with E-state index >= 15 is 0 Å². The van der Waals surface area contributed by atoms with E-state index in [1.165, 1.54) is 29.4 Å². The maximum Gasteiger partial charge on any atom is 0.247 e. The summed E-state index contributed by atoms with van der Waals surface area (Å²) in [5, 5.41) is 6.44. The number of terminal acetylenes is 1. The molecule has 1 aliphatic rings. The van der Waals surface area contributed by atoms with Gasteiger partial charge in [0, 0.05) is 23.7 Å². The summed E-state index contributed by atoms with van der Waals surface area (Å²) in [6, 6.07) is 6.81. The van der Waals surface area contributed by atoms with Crippen molar-refractivity contribution in [2.75, 3.05) is 29.7 Å². The van der Waals surface area contributed by atoms with Crippen molar-refractivity contribution in [1.82, 2.24) is 14.9 Å². The number of carbonyl (C=O) groups is 2. The van der Waals surface area contributed by atoms with Crippen molar-refractivity contribution in [1.29, 1.82) is 0 Å². The van der Waals surface area contributed by atoms with Crippen molar-refractivity contribution < 1.29 is 18.7 Å². The molecule has 2 N–H and O–H groups in total. The summed E-state index contributed by atoms with van der Waals surface area (Å²) in [7, 11) is 0. The minimum Gasteiger partial charge on any atom is -0.479 e. The number of carbonyl (C=O) groups excluding carboxylic acids is 2. The van der Waals surface area contributed by atoms with Gasteiger partial charge in [-0.2, -0.15) is 0 Å². The van der Waals surface area contributed by atoms with E-state index in [4.69, 9.17) is 34.4 Å². The smallest absolute Gasteiger partial charge is 0.247 e. The molecule has 0 aliphatic carbocycles. The van der Waals surface area contributed by atoms with Crippen LogP contribution in [0.1, 0.15) is 12.8 Å². The number of benzene rings is 2. The van der Waals surface area contributed by atoms with Gasteiger partial charge in [0.1, 0.15) is 42.2 Å². The Kier molecular flexibility index (Phi) is 7.54. The first-order valence-corrected chi connectivity index (χ1v) is 11.6. The van der Waals surface area contributed by atoms with Gasteiger partial charge in [0.25, 0.3) is 0 Å². The minimum atomic E-state index is -0.650. The lowest BCUT2D eigenvalue weighted by molar-refractivity contribution is -0.134. The standard InChI is InChI=1S/C24H20Cl2FN5O3/c1-2-8-35-21-11-18-15(23(29-13-28-18)30-14-5-6-17(27)16(26)9-14)10-19(21)31-24(34)20-4-3-7-32(20)22(33)12-25/h1,5-6,9-11,13,20H,3-4,7-8,12H2,(H,31,34)(H,28,29,30)/t20-/m0/s1. The third-order valence-corrected chi connectivity index (χ3v) is 6.00. The van der Waals surface area contributed by atoms with Crippen molar-refractivity contribution in [3.8, 4) is 18.1 Å². The monoisotopic (exact) mass is 515 g/mol. The molecule has 1 atom stereocenters. The highest BCUT2D eigenvalue weighted by atomic mass is 35.5. The van der Waals surface area contributed by atoms with E-state index in [1.807, 2.05) is 0 Å². The third-order valence-electron chi connectivity index (χ3n) is 5.48. The first-order chi connectivity index (χ1) is 16.9. The molecule has 0 saturated carbocycles. The van der Waals surface area contributed by atoms with Gasteiger partial charge in [-0.1, -0.05) is 17.5 Å². The molecule has 0 unspecified atom stereocenters. The van der Waals surface area contributed by atoms with Crippen LogP contribution in [0.3, 0.4) is 0 Å². The second kappa shape index (κ2) is 10.8. The Morgan fingerprint density at radius 1 is 1.29 bits per heavy atom. The predicted octanol–water partition coefficient (Wildman–Crippen LogP) is 4.35. The molecule has 2 heterocycles. The Bertz CT molecular complexity index is 1330. The SMILES string of the molecule is C#CCOc1cc2ncnc(Nc3ccc(F)c(Cl)c3)c2cc1NC(=O)[C@@H]1CCCN1C(=O)CCl. The summed E-state index contributed by atoms with van der Waals surface area (Å²) in [6.07, 6.45) is 7.91. The number of nitrogens with zero attached hydrogens (tertiary/aromatic N) is 3. The van der Waals surface area contributed by atoms with Crippen molar-refractivity contribution in [3.05, 3.63) is 47.5 Å². The molecule has 0 radical (unpaired) electrons. The highest BCUT2D eigenvalue weighted by Gasteiger charge is 2.34. The van der Waals surface area contributed by atoms with Crippen LogP contribution in [0, 0.1) is 18.2 Å². The number of ether oxygens (including phenoxy) is 1. The van der Waals surface area contributed by atoms with Gasteiger partial charge in [-0.3, -0.25) is 9.59 Å². The van der Waals surface area contributed by atoms with Gasteiger partial charge >= 0.3 is 0 Å². The first kappa shape index (κ1) is 24.5. The average molecular weight is 516 g/mol. The number of likely N-dealkylation sites (tertiary alicyclic amines) is 1. The van der Waals surface area contributed by atoms with Crippen LogP contribution in [0.2, 0.25) is 5.02 Å². The van der Waals surface area contributed by atoms with E-state index in [0.717, 1.165) is 0 Å². The Morgan fingerprint density at radius 3 is 2.86 bits per heavy atom. The summed E-state index contributed by atoms with van der Waals surface area (Å²) < 4.78 is 19.2. The highest BCUT2D eigenvalue weighted by Crippen LogP contribution is 2.34. The lowest BCUT2D eigenvalue weighted by atomic mass is 10.1. The topological polar surface area (TPSA) is 96.5 Å². The zero-order valence-electron chi connectivity index (χ0n) is 18.4. The number of alkyl halides is 1. The fourth-order valence-corrected chi connectivity index (χ4v) is 4.20. The molecule has 2 amide bonds. The molecule has 0 bridgehead atoms. The zero-order valence-corrected chi connectivity index (χ0v) is 19.9. The van der Waals surface area contributed by atoms with Crippen molar-refractivity contribution >= 4 is 63.1 Å². The lowest BCUT2D eigenvalue weighted by Crippen LogP contribution is -2.43. The molecular weight excluding hydrogens is 496 g/mol. The number of fused-ring (bicyclic) bond motifs is 1. The van der Waals surface area contributed by atoms with Gasteiger partial charge in [-0.15, -0.1) is 18.0 Å². The van der Waals surface area contributed by atoms with Crippen LogP contribution in [0.25, 0.3) is 10.9 Å². The maximum atomic E-state index is 13.6. The highest BCUT2D eigenvalue weighted by molar-refractivity contribution is 6.31. The van der Waals surface area contributed by atoms with Gasteiger partial charge in [0.05, 0.1) is 16.2 Å². The van der Waals surface area contributed by atoms with Gasteiger partial charge in [0.2, 0.25) is 11.8 Å². The molecule has 11 heteroatoms. The van der Waals surface area contributed by atoms with Crippen LogP contribution in [-0.4, -0.2) is 51.8 Å². The number of halogens is 3. The summed E-state index contributed by atoms with van der Waals surface area (Å²) >= 11 is 11.6. The van der Waals surface area contributed by atoms with Crippen molar-refractivity contribution in [3.63, 3.8) is 0 Å². The average Bonchev–Trinajstić information content (AvgIpc) is 3.35.